The number of fused-ring (bicyclic) bond motifs is 1. The molecule has 0 aromatic carbocycles. The van der Waals surface area contributed by atoms with Gasteiger partial charge in [0.05, 0.1) is 11.8 Å². The van der Waals surface area contributed by atoms with Crippen LogP contribution in [0.4, 0.5) is 5.69 Å². The minimum absolute atomic E-state index is 0.116. The van der Waals surface area contributed by atoms with Gasteiger partial charge < -0.3 is 10.8 Å². The largest absolute Gasteiger partial charge is 0.399 e. The van der Waals surface area contributed by atoms with E-state index in [4.69, 9.17) is 5.73 Å². The highest BCUT2D eigenvalue weighted by atomic mass is 16.3. The minimum atomic E-state index is -0.116. The van der Waals surface area contributed by atoms with Gasteiger partial charge in [-0.05, 0) is 42.7 Å². The van der Waals surface area contributed by atoms with Gasteiger partial charge in [0.15, 0.2) is 0 Å². The van der Waals surface area contributed by atoms with Crippen LogP contribution in [0.2, 0.25) is 0 Å². The zero-order valence-corrected chi connectivity index (χ0v) is 10.4. The predicted octanol–water partition coefficient (Wildman–Crippen LogP) is 0.865. The molecule has 0 spiro atoms. The van der Waals surface area contributed by atoms with Crippen LogP contribution >= 0.6 is 0 Å². The molecule has 5 unspecified atom stereocenters. The molecular formula is C14H19N3O. The normalized spacial score (nSPS) is 41.7. The number of anilines is 1. The number of pyridine rings is 1. The van der Waals surface area contributed by atoms with Crippen molar-refractivity contribution in [1.29, 1.82) is 0 Å². The van der Waals surface area contributed by atoms with Crippen molar-refractivity contribution in [1.82, 2.24) is 9.88 Å². The van der Waals surface area contributed by atoms with Gasteiger partial charge in [-0.15, -0.1) is 0 Å². The lowest BCUT2D eigenvalue weighted by molar-refractivity contribution is 0.0480. The number of hydrogen-bond donors (Lipinski definition) is 2. The molecule has 1 aromatic rings. The highest BCUT2D eigenvalue weighted by Gasteiger charge is 2.58. The van der Waals surface area contributed by atoms with Gasteiger partial charge in [0.1, 0.15) is 0 Å². The number of nitrogens with zero attached hydrogens (tertiary/aromatic N) is 2. The van der Waals surface area contributed by atoms with Crippen molar-refractivity contribution in [2.24, 2.45) is 17.8 Å². The van der Waals surface area contributed by atoms with Gasteiger partial charge in [0, 0.05) is 31.0 Å². The minimum Gasteiger partial charge on any atom is -0.399 e. The van der Waals surface area contributed by atoms with Gasteiger partial charge in [-0.25, -0.2) is 0 Å². The van der Waals surface area contributed by atoms with Crippen LogP contribution in [0, 0.1) is 17.8 Å². The molecular weight excluding hydrogens is 226 g/mol. The van der Waals surface area contributed by atoms with E-state index in [0.29, 0.717) is 12.0 Å². The summed E-state index contributed by atoms with van der Waals surface area (Å²) in [6.07, 6.45) is 4.11. The lowest BCUT2D eigenvalue weighted by atomic mass is 9.88. The van der Waals surface area contributed by atoms with Gasteiger partial charge in [-0.3, -0.25) is 9.88 Å². The first-order valence-corrected chi connectivity index (χ1v) is 6.85. The summed E-state index contributed by atoms with van der Waals surface area (Å²) in [5.41, 5.74) is 7.59. The van der Waals surface area contributed by atoms with Crippen LogP contribution < -0.4 is 5.73 Å². The summed E-state index contributed by atoms with van der Waals surface area (Å²) < 4.78 is 0. The van der Waals surface area contributed by atoms with Crippen molar-refractivity contribution in [3.63, 3.8) is 0 Å². The second-order valence-corrected chi connectivity index (χ2v) is 6.15. The van der Waals surface area contributed by atoms with Crippen molar-refractivity contribution in [3.8, 4) is 0 Å². The maximum atomic E-state index is 10.3. The Kier molecular flexibility index (Phi) is 2.20. The second-order valence-electron chi connectivity index (χ2n) is 6.15. The van der Waals surface area contributed by atoms with Crippen LogP contribution in [0.15, 0.2) is 18.3 Å². The highest BCUT2D eigenvalue weighted by Crippen LogP contribution is 2.55. The topological polar surface area (TPSA) is 62.4 Å². The van der Waals surface area contributed by atoms with Crippen molar-refractivity contribution in [3.05, 3.63) is 24.0 Å². The SMILES string of the molecule is Nc1ccnc(CN2CC3CC4CC3C2C4O)c1. The zero-order chi connectivity index (χ0) is 12.3. The molecule has 0 radical (unpaired) electrons. The maximum Gasteiger partial charge on any atom is 0.0726 e. The summed E-state index contributed by atoms with van der Waals surface area (Å²) in [5, 5.41) is 10.3. The van der Waals surface area contributed by atoms with E-state index >= 15 is 0 Å². The molecule has 4 rings (SSSR count). The fourth-order valence-electron chi connectivity index (χ4n) is 4.51. The number of likely N-dealkylation sites (tertiary alicyclic amines) is 1. The monoisotopic (exact) mass is 245 g/mol. The molecule has 1 aromatic heterocycles. The molecule has 1 aliphatic heterocycles. The molecule has 2 saturated carbocycles. The first kappa shape index (κ1) is 10.8. The summed E-state index contributed by atoms with van der Waals surface area (Å²) in [7, 11) is 0. The molecule has 2 heterocycles. The molecule has 4 heteroatoms. The maximum absolute atomic E-state index is 10.3. The number of nitrogens with two attached hydrogens (primary N) is 1. The molecule has 1 saturated heterocycles. The van der Waals surface area contributed by atoms with Gasteiger partial charge in [-0.2, -0.15) is 0 Å². The van der Waals surface area contributed by atoms with Crippen LogP contribution in [-0.2, 0) is 6.54 Å². The molecule has 5 atom stereocenters. The Morgan fingerprint density at radius 1 is 1.39 bits per heavy atom. The van der Waals surface area contributed by atoms with Gasteiger partial charge in [0.25, 0.3) is 0 Å². The Labute approximate surface area is 107 Å². The molecule has 3 fully saturated rings. The van der Waals surface area contributed by atoms with Crippen LogP contribution in [0.25, 0.3) is 0 Å². The standard InChI is InChI=1S/C14H19N3O/c15-10-1-2-16-11(5-10)7-17-6-9-3-8-4-12(9)13(17)14(8)18/h1-2,5,8-9,12-14,18H,3-4,6-7H2,(H2,15,16). The zero-order valence-electron chi connectivity index (χ0n) is 10.4. The van der Waals surface area contributed by atoms with Crippen LogP contribution in [0.5, 0.6) is 0 Å². The molecule has 4 nitrogen and oxygen atoms in total. The van der Waals surface area contributed by atoms with Crippen LogP contribution in [-0.4, -0.2) is 33.7 Å². The van der Waals surface area contributed by atoms with Gasteiger partial charge in [-0.1, -0.05) is 0 Å². The number of rotatable bonds is 2. The Morgan fingerprint density at radius 2 is 2.28 bits per heavy atom. The number of aromatic nitrogens is 1. The number of aliphatic hydroxyl groups is 1. The summed E-state index contributed by atoms with van der Waals surface area (Å²) >= 11 is 0. The summed E-state index contributed by atoms with van der Waals surface area (Å²) in [4.78, 5) is 6.80. The fraction of sp³-hybridized carbons (Fsp3) is 0.643. The van der Waals surface area contributed by atoms with E-state index in [0.717, 1.165) is 36.3 Å². The third kappa shape index (κ3) is 1.42. The van der Waals surface area contributed by atoms with Crippen molar-refractivity contribution < 1.29 is 5.11 Å². The quantitative estimate of drug-likeness (QED) is 0.811. The Hall–Kier alpha value is -1.13. The summed E-state index contributed by atoms with van der Waals surface area (Å²) in [6, 6.07) is 4.13. The van der Waals surface area contributed by atoms with E-state index < -0.39 is 0 Å². The third-order valence-electron chi connectivity index (χ3n) is 5.15. The molecule has 2 bridgehead atoms. The van der Waals surface area contributed by atoms with Gasteiger partial charge >= 0.3 is 0 Å². The number of nitrogen functional groups attached to an aromatic ring is 1. The lowest BCUT2D eigenvalue weighted by Gasteiger charge is -2.28. The van der Waals surface area contributed by atoms with Crippen molar-refractivity contribution in [2.45, 2.75) is 31.5 Å². The van der Waals surface area contributed by atoms with E-state index in [9.17, 15) is 5.11 Å². The molecule has 0 amide bonds. The molecule has 3 aliphatic rings. The summed E-state index contributed by atoms with van der Waals surface area (Å²) in [6.45, 7) is 1.95. The number of aliphatic hydroxyl groups excluding tert-OH is 1. The van der Waals surface area contributed by atoms with Crippen molar-refractivity contribution in [2.75, 3.05) is 12.3 Å². The predicted molar refractivity (Wildman–Crippen MR) is 68.6 cm³/mol. The second kappa shape index (κ2) is 3.68. The smallest absolute Gasteiger partial charge is 0.0726 e. The van der Waals surface area contributed by atoms with Gasteiger partial charge in [0.2, 0.25) is 0 Å². The van der Waals surface area contributed by atoms with E-state index in [-0.39, 0.29) is 6.10 Å². The molecule has 2 aliphatic carbocycles. The van der Waals surface area contributed by atoms with E-state index in [2.05, 4.69) is 9.88 Å². The van der Waals surface area contributed by atoms with Crippen LogP contribution in [0.1, 0.15) is 18.5 Å². The Bertz CT molecular complexity index is 476. The highest BCUT2D eigenvalue weighted by molar-refractivity contribution is 5.37. The molecule has 18 heavy (non-hydrogen) atoms. The molecule has 3 N–H and O–H groups in total. The lowest BCUT2D eigenvalue weighted by Crippen LogP contribution is -2.40. The first-order valence-electron chi connectivity index (χ1n) is 6.85. The van der Waals surface area contributed by atoms with Crippen molar-refractivity contribution >= 4 is 5.69 Å². The van der Waals surface area contributed by atoms with Crippen LogP contribution in [0.3, 0.4) is 0 Å². The average molecular weight is 245 g/mol. The third-order valence-corrected chi connectivity index (χ3v) is 5.15. The average Bonchev–Trinajstić information content (AvgIpc) is 2.91. The van der Waals surface area contributed by atoms with E-state index in [1.165, 1.54) is 12.8 Å². The Morgan fingerprint density at radius 3 is 3.06 bits per heavy atom. The first-order chi connectivity index (χ1) is 8.72. The summed E-state index contributed by atoms with van der Waals surface area (Å²) in [5.74, 6) is 2.10. The Balaban J connectivity index is 1.57. The number of hydrogen-bond acceptors (Lipinski definition) is 4. The molecule has 96 valence electrons. The fourth-order valence-corrected chi connectivity index (χ4v) is 4.51. The van der Waals surface area contributed by atoms with E-state index in [1.54, 1.807) is 6.20 Å². The van der Waals surface area contributed by atoms with E-state index in [1.807, 2.05) is 12.1 Å².